The lowest BCUT2D eigenvalue weighted by molar-refractivity contribution is 0.190. The minimum atomic E-state index is 0. The Balaban J connectivity index is 0.00000161. The number of likely N-dealkylation sites (N-methyl/N-ethyl adjacent to an activating group) is 1. The van der Waals surface area contributed by atoms with Crippen molar-refractivity contribution in [2.45, 2.75) is 51.0 Å². The van der Waals surface area contributed by atoms with Crippen LogP contribution in [0.4, 0.5) is 0 Å². The van der Waals surface area contributed by atoms with Crippen LogP contribution < -0.4 is 5.32 Å². The maximum Gasteiger partial charge on any atom is 0.226 e. The molecule has 1 unspecified atom stereocenters. The largest absolute Gasteiger partial charge is 0.339 e. The lowest BCUT2D eigenvalue weighted by atomic mass is 9.86. The number of aromatic nitrogens is 2. The summed E-state index contributed by atoms with van der Waals surface area (Å²) in [6, 6.07) is 0.260. The van der Waals surface area contributed by atoms with Crippen LogP contribution >= 0.6 is 12.4 Å². The third kappa shape index (κ3) is 4.41. The number of halogens is 1. The molecule has 5 nitrogen and oxygen atoms in total. The van der Waals surface area contributed by atoms with Gasteiger partial charge in [-0.1, -0.05) is 37.3 Å². The number of hydrogen-bond acceptors (Lipinski definition) is 5. The van der Waals surface area contributed by atoms with Gasteiger partial charge in [0.1, 0.15) is 0 Å². The summed E-state index contributed by atoms with van der Waals surface area (Å²) in [5.74, 6) is 2.54. The van der Waals surface area contributed by atoms with Gasteiger partial charge in [-0.15, -0.1) is 12.4 Å². The average molecular weight is 315 g/mol. The Kier molecular flexibility index (Phi) is 6.45. The van der Waals surface area contributed by atoms with Gasteiger partial charge in [0.05, 0.1) is 6.04 Å². The third-order valence-electron chi connectivity index (χ3n) is 4.78. The third-order valence-corrected chi connectivity index (χ3v) is 4.78. The van der Waals surface area contributed by atoms with Gasteiger partial charge in [-0.2, -0.15) is 4.98 Å². The maximum absolute atomic E-state index is 5.44. The van der Waals surface area contributed by atoms with Gasteiger partial charge >= 0.3 is 0 Å². The van der Waals surface area contributed by atoms with E-state index in [4.69, 9.17) is 4.52 Å². The molecule has 1 aliphatic carbocycles. The normalized spacial score (nSPS) is 24.7. The summed E-state index contributed by atoms with van der Waals surface area (Å²) in [6.07, 6.45) is 9.15. The van der Waals surface area contributed by atoms with Crippen LogP contribution in [-0.4, -0.2) is 41.7 Å². The Morgan fingerprint density at radius 3 is 2.86 bits per heavy atom. The molecule has 0 amide bonds. The van der Waals surface area contributed by atoms with Gasteiger partial charge in [0.15, 0.2) is 5.82 Å². The molecule has 2 aliphatic rings. The highest BCUT2D eigenvalue weighted by Gasteiger charge is 2.25. The molecule has 3 rings (SSSR count). The zero-order valence-electron chi connectivity index (χ0n) is 12.9. The molecule has 0 bridgehead atoms. The van der Waals surface area contributed by atoms with Crippen LogP contribution in [0.25, 0.3) is 0 Å². The van der Waals surface area contributed by atoms with Crippen LogP contribution in [0.5, 0.6) is 0 Å². The summed E-state index contributed by atoms with van der Waals surface area (Å²) in [6.45, 7) is 2.99. The molecular formula is C15H27ClN4O. The fourth-order valence-corrected chi connectivity index (χ4v) is 3.40. The van der Waals surface area contributed by atoms with E-state index in [0.717, 1.165) is 43.7 Å². The van der Waals surface area contributed by atoms with Crippen LogP contribution in [0.3, 0.4) is 0 Å². The van der Waals surface area contributed by atoms with Crippen molar-refractivity contribution in [1.29, 1.82) is 0 Å². The second-order valence-corrected chi connectivity index (χ2v) is 6.29. The van der Waals surface area contributed by atoms with Gasteiger partial charge in [0.25, 0.3) is 0 Å². The number of nitrogens with one attached hydrogen (secondary N) is 1. The number of piperazine rings is 1. The molecule has 21 heavy (non-hydrogen) atoms. The molecule has 120 valence electrons. The second kappa shape index (κ2) is 8.11. The van der Waals surface area contributed by atoms with Crippen molar-refractivity contribution in [3.8, 4) is 0 Å². The van der Waals surface area contributed by atoms with Gasteiger partial charge in [-0.05, 0) is 19.4 Å². The highest BCUT2D eigenvalue weighted by Crippen LogP contribution is 2.27. The van der Waals surface area contributed by atoms with E-state index in [1.54, 1.807) is 0 Å². The van der Waals surface area contributed by atoms with E-state index in [0.29, 0.717) is 0 Å². The molecule has 1 aromatic heterocycles. The van der Waals surface area contributed by atoms with Crippen molar-refractivity contribution in [2.75, 3.05) is 26.7 Å². The van der Waals surface area contributed by atoms with E-state index in [1.807, 2.05) is 0 Å². The van der Waals surface area contributed by atoms with Gasteiger partial charge in [-0.25, -0.2) is 0 Å². The first-order chi connectivity index (χ1) is 9.83. The van der Waals surface area contributed by atoms with Crippen molar-refractivity contribution in [1.82, 2.24) is 20.4 Å². The number of nitrogens with zero attached hydrogens (tertiary/aromatic N) is 3. The van der Waals surface area contributed by atoms with E-state index in [2.05, 4.69) is 27.4 Å². The number of hydrogen-bond donors (Lipinski definition) is 1. The van der Waals surface area contributed by atoms with E-state index in [-0.39, 0.29) is 18.4 Å². The molecule has 6 heteroatoms. The molecular weight excluding hydrogens is 288 g/mol. The predicted molar refractivity (Wildman–Crippen MR) is 84.7 cm³/mol. The zero-order valence-corrected chi connectivity index (χ0v) is 13.7. The molecule has 1 N–H and O–H groups in total. The van der Waals surface area contributed by atoms with Crippen LogP contribution in [0.15, 0.2) is 4.52 Å². The summed E-state index contributed by atoms with van der Waals surface area (Å²) in [5.41, 5.74) is 0. The van der Waals surface area contributed by atoms with Crippen LogP contribution in [-0.2, 0) is 6.42 Å². The molecule has 2 heterocycles. The standard InChI is InChI=1S/C15H26N4O.ClH/c1-19-10-9-16-11-13(19)15-17-14(20-18-15)8-7-12-5-3-2-4-6-12;/h12-13,16H,2-11H2,1H3;1H. The molecule has 1 saturated heterocycles. The van der Waals surface area contributed by atoms with Crippen molar-refractivity contribution in [2.24, 2.45) is 5.92 Å². The van der Waals surface area contributed by atoms with E-state index < -0.39 is 0 Å². The van der Waals surface area contributed by atoms with E-state index >= 15 is 0 Å². The quantitative estimate of drug-likeness (QED) is 0.925. The molecule has 1 atom stereocenters. The highest BCUT2D eigenvalue weighted by atomic mass is 35.5. The zero-order chi connectivity index (χ0) is 13.8. The SMILES string of the molecule is CN1CCNCC1c1noc(CCC2CCCCC2)n1.Cl. The van der Waals surface area contributed by atoms with Crippen LogP contribution in [0.2, 0.25) is 0 Å². The Morgan fingerprint density at radius 2 is 2.10 bits per heavy atom. The second-order valence-electron chi connectivity index (χ2n) is 6.29. The molecule has 1 aromatic rings. The minimum Gasteiger partial charge on any atom is -0.339 e. The first-order valence-electron chi connectivity index (χ1n) is 8.06. The summed E-state index contributed by atoms with van der Waals surface area (Å²) in [4.78, 5) is 6.91. The van der Waals surface area contributed by atoms with Gasteiger partial charge < -0.3 is 9.84 Å². The fraction of sp³-hybridized carbons (Fsp3) is 0.867. The van der Waals surface area contributed by atoms with Crippen molar-refractivity contribution < 1.29 is 4.52 Å². The number of aryl methyl sites for hydroxylation is 1. The molecule has 2 fully saturated rings. The Labute approximate surface area is 133 Å². The fourth-order valence-electron chi connectivity index (χ4n) is 3.40. The van der Waals surface area contributed by atoms with Crippen LogP contribution in [0, 0.1) is 5.92 Å². The van der Waals surface area contributed by atoms with Gasteiger partial charge in [0.2, 0.25) is 5.89 Å². The van der Waals surface area contributed by atoms with Crippen molar-refractivity contribution in [3.63, 3.8) is 0 Å². The molecule has 0 aromatic carbocycles. The lowest BCUT2D eigenvalue weighted by Crippen LogP contribution is -2.44. The van der Waals surface area contributed by atoms with E-state index in [9.17, 15) is 0 Å². The summed E-state index contributed by atoms with van der Waals surface area (Å²) < 4.78 is 5.44. The molecule has 0 spiro atoms. The predicted octanol–water partition coefficient (Wildman–Crippen LogP) is 2.58. The summed E-state index contributed by atoms with van der Waals surface area (Å²) in [5, 5.41) is 7.58. The summed E-state index contributed by atoms with van der Waals surface area (Å²) in [7, 11) is 2.13. The van der Waals surface area contributed by atoms with Crippen molar-refractivity contribution >= 4 is 12.4 Å². The maximum atomic E-state index is 5.44. The molecule has 1 aliphatic heterocycles. The van der Waals surface area contributed by atoms with Crippen molar-refractivity contribution in [3.05, 3.63) is 11.7 Å². The Morgan fingerprint density at radius 1 is 1.29 bits per heavy atom. The topological polar surface area (TPSA) is 54.2 Å². The molecule has 1 saturated carbocycles. The first-order valence-corrected chi connectivity index (χ1v) is 8.06. The summed E-state index contributed by atoms with van der Waals surface area (Å²) >= 11 is 0. The average Bonchev–Trinajstić information content (AvgIpc) is 2.95. The Bertz CT molecular complexity index is 420. The van der Waals surface area contributed by atoms with Crippen LogP contribution in [0.1, 0.15) is 56.3 Å². The lowest BCUT2D eigenvalue weighted by Gasteiger charge is -2.30. The highest BCUT2D eigenvalue weighted by molar-refractivity contribution is 5.85. The smallest absolute Gasteiger partial charge is 0.226 e. The molecule has 0 radical (unpaired) electrons. The minimum absolute atomic E-state index is 0. The first kappa shape index (κ1) is 16.7. The van der Waals surface area contributed by atoms with Gasteiger partial charge in [-0.3, -0.25) is 4.90 Å². The van der Waals surface area contributed by atoms with Gasteiger partial charge in [0, 0.05) is 26.1 Å². The number of rotatable bonds is 4. The van der Waals surface area contributed by atoms with E-state index in [1.165, 1.54) is 38.5 Å². The monoisotopic (exact) mass is 314 g/mol. The Hall–Kier alpha value is -0.650.